The number of nitriles is 1. The van der Waals surface area contributed by atoms with E-state index in [1.165, 1.54) is 12.1 Å². The average Bonchev–Trinajstić information content (AvgIpc) is 2.41. The highest BCUT2D eigenvalue weighted by atomic mass is 79.9. The Kier molecular flexibility index (Phi) is 3.96. The summed E-state index contributed by atoms with van der Waals surface area (Å²) in [6.45, 7) is 1.76. The second-order valence-corrected chi connectivity index (χ2v) is 4.66. The Morgan fingerprint density at radius 3 is 2.80 bits per heavy atom. The Morgan fingerprint density at radius 2 is 2.15 bits per heavy atom. The van der Waals surface area contributed by atoms with Gasteiger partial charge in [-0.2, -0.15) is 5.26 Å². The Morgan fingerprint density at radius 1 is 1.40 bits per heavy atom. The fourth-order valence-electron chi connectivity index (χ4n) is 1.52. The number of pyridine rings is 1. The number of nitrogens with zero attached hydrogens (tertiary/aromatic N) is 3. The molecule has 0 saturated heterocycles. The molecule has 0 amide bonds. The quantitative estimate of drug-likeness (QED) is 0.630. The smallest absolute Gasteiger partial charge is 0.287 e. The molecule has 0 radical (unpaired) electrons. The monoisotopic (exact) mass is 333 g/mol. The molecular formula is C13H8BrN3O3. The van der Waals surface area contributed by atoms with Crippen molar-refractivity contribution in [2.24, 2.45) is 0 Å². The van der Waals surface area contributed by atoms with Crippen molar-refractivity contribution in [2.45, 2.75) is 6.92 Å². The Balaban J connectivity index is 2.46. The molecule has 0 atom stereocenters. The molecule has 0 bridgehead atoms. The molecule has 7 heteroatoms. The van der Waals surface area contributed by atoms with Crippen LogP contribution in [-0.4, -0.2) is 9.91 Å². The maximum absolute atomic E-state index is 10.9. The van der Waals surface area contributed by atoms with Gasteiger partial charge in [0, 0.05) is 11.8 Å². The van der Waals surface area contributed by atoms with E-state index in [1.54, 1.807) is 25.1 Å². The van der Waals surface area contributed by atoms with Gasteiger partial charge in [-0.25, -0.2) is 4.98 Å². The summed E-state index contributed by atoms with van der Waals surface area (Å²) in [5.41, 5.74) is 0.822. The van der Waals surface area contributed by atoms with Crippen LogP contribution in [0.2, 0.25) is 0 Å². The van der Waals surface area contributed by atoms with Crippen LogP contribution in [0.15, 0.2) is 34.8 Å². The van der Waals surface area contributed by atoms with E-state index in [1.807, 2.05) is 6.07 Å². The third kappa shape index (κ3) is 2.75. The topological polar surface area (TPSA) is 89.0 Å². The van der Waals surface area contributed by atoms with E-state index >= 15 is 0 Å². The number of halogens is 1. The van der Waals surface area contributed by atoms with E-state index < -0.39 is 4.92 Å². The van der Waals surface area contributed by atoms with E-state index in [0.717, 1.165) is 0 Å². The summed E-state index contributed by atoms with van der Waals surface area (Å²) in [6.07, 6.45) is 0. The summed E-state index contributed by atoms with van der Waals surface area (Å²) in [7, 11) is 0. The number of aryl methyl sites for hydroxylation is 1. The third-order valence-corrected chi connectivity index (χ3v) is 3.26. The third-order valence-electron chi connectivity index (χ3n) is 2.47. The second-order valence-electron chi connectivity index (χ2n) is 3.87. The number of benzene rings is 1. The number of hydrogen-bond donors (Lipinski definition) is 0. The minimum Gasteiger partial charge on any atom is -0.436 e. The van der Waals surface area contributed by atoms with Crippen LogP contribution in [0.5, 0.6) is 11.6 Å². The van der Waals surface area contributed by atoms with Gasteiger partial charge in [-0.05, 0) is 41.1 Å². The van der Waals surface area contributed by atoms with Gasteiger partial charge in [0.05, 0.1) is 4.92 Å². The van der Waals surface area contributed by atoms with Crippen molar-refractivity contribution in [3.05, 3.63) is 56.2 Å². The maximum atomic E-state index is 10.9. The first-order valence-electron chi connectivity index (χ1n) is 5.51. The van der Waals surface area contributed by atoms with Gasteiger partial charge in [-0.3, -0.25) is 10.1 Å². The highest BCUT2D eigenvalue weighted by Crippen LogP contribution is 2.36. The SMILES string of the molecule is Cc1ccc(C#N)c(Oc2cccc([N+](=O)[O-])c2Br)n1. The minimum atomic E-state index is -0.522. The van der Waals surface area contributed by atoms with Crippen molar-refractivity contribution in [3.63, 3.8) is 0 Å². The number of nitro benzene ring substituents is 1. The molecule has 2 rings (SSSR count). The zero-order chi connectivity index (χ0) is 14.7. The summed E-state index contributed by atoms with van der Waals surface area (Å²) in [5, 5.41) is 19.9. The average molecular weight is 334 g/mol. The van der Waals surface area contributed by atoms with Gasteiger partial charge < -0.3 is 4.74 Å². The fourth-order valence-corrected chi connectivity index (χ4v) is 2.01. The first-order chi connectivity index (χ1) is 9.52. The molecule has 20 heavy (non-hydrogen) atoms. The van der Waals surface area contributed by atoms with Crippen LogP contribution in [0.1, 0.15) is 11.3 Å². The van der Waals surface area contributed by atoms with Gasteiger partial charge in [-0.15, -0.1) is 0 Å². The van der Waals surface area contributed by atoms with Gasteiger partial charge in [0.25, 0.3) is 5.69 Å². The van der Waals surface area contributed by atoms with E-state index in [4.69, 9.17) is 10.00 Å². The maximum Gasteiger partial charge on any atom is 0.287 e. The van der Waals surface area contributed by atoms with E-state index in [0.29, 0.717) is 5.69 Å². The van der Waals surface area contributed by atoms with Crippen LogP contribution in [0, 0.1) is 28.4 Å². The number of aromatic nitrogens is 1. The number of ether oxygens (including phenoxy) is 1. The van der Waals surface area contributed by atoms with E-state index in [2.05, 4.69) is 20.9 Å². The molecule has 0 unspecified atom stereocenters. The zero-order valence-electron chi connectivity index (χ0n) is 10.3. The first kappa shape index (κ1) is 14.0. The molecule has 0 spiro atoms. The molecular weight excluding hydrogens is 326 g/mol. The summed E-state index contributed by atoms with van der Waals surface area (Å²) < 4.78 is 5.72. The predicted molar refractivity (Wildman–Crippen MR) is 74.6 cm³/mol. The number of hydrogen-bond acceptors (Lipinski definition) is 5. The van der Waals surface area contributed by atoms with Gasteiger partial charge in [0.15, 0.2) is 5.75 Å². The standard InChI is InChI=1S/C13H8BrN3O3/c1-8-5-6-9(7-15)13(16-8)20-11-4-2-3-10(12(11)14)17(18)19/h2-6H,1H3. The number of rotatable bonds is 3. The largest absolute Gasteiger partial charge is 0.436 e. The Labute approximate surface area is 122 Å². The molecule has 2 aromatic rings. The van der Waals surface area contributed by atoms with Crippen LogP contribution in [0.3, 0.4) is 0 Å². The summed E-state index contributed by atoms with van der Waals surface area (Å²) in [6, 6.07) is 9.65. The molecule has 0 aliphatic rings. The molecule has 100 valence electrons. The highest BCUT2D eigenvalue weighted by molar-refractivity contribution is 9.10. The van der Waals surface area contributed by atoms with Gasteiger partial charge in [0.1, 0.15) is 16.1 Å². The van der Waals surface area contributed by atoms with E-state index in [-0.39, 0.29) is 27.4 Å². The zero-order valence-corrected chi connectivity index (χ0v) is 11.9. The molecule has 1 heterocycles. The second kappa shape index (κ2) is 5.67. The molecule has 0 aliphatic carbocycles. The van der Waals surface area contributed by atoms with Crippen molar-refractivity contribution in [3.8, 4) is 17.7 Å². The van der Waals surface area contributed by atoms with Crippen molar-refractivity contribution < 1.29 is 9.66 Å². The van der Waals surface area contributed by atoms with Gasteiger partial charge in [0.2, 0.25) is 5.88 Å². The lowest BCUT2D eigenvalue weighted by Gasteiger charge is -2.08. The number of nitro groups is 1. The molecule has 1 aromatic carbocycles. The molecule has 6 nitrogen and oxygen atoms in total. The van der Waals surface area contributed by atoms with Crippen molar-refractivity contribution in [2.75, 3.05) is 0 Å². The van der Waals surface area contributed by atoms with Crippen LogP contribution in [0.4, 0.5) is 5.69 Å². The Bertz CT molecular complexity index is 725. The van der Waals surface area contributed by atoms with Crippen LogP contribution < -0.4 is 4.74 Å². The Hall–Kier alpha value is -2.46. The summed E-state index contributed by atoms with van der Waals surface area (Å²) in [5.74, 6) is 0.350. The first-order valence-corrected chi connectivity index (χ1v) is 6.30. The molecule has 0 aliphatic heterocycles. The van der Waals surface area contributed by atoms with Gasteiger partial charge >= 0.3 is 0 Å². The lowest BCUT2D eigenvalue weighted by atomic mass is 10.2. The molecule has 0 N–H and O–H groups in total. The normalized spacial score (nSPS) is 9.85. The molecule has 1 aromatic heterocycles. The van der Waals surface area contributed by atoms with Crippen LogP contribution in [0.25, 0.3) is 0 Å². The van der Waals surface area contributed by atoms with Gasteiger partial charge in [-0.1, -0.05) is 6.07 Å². The highest BCUT2D eigenvalue weighted by Gasteiger charge is 2.17. The van der Waals surface area contributed by atoms with Crippen molar-refractivity contribution in [1.29, 1.82) is 5.26 Å². The molecule has 0 saturated carbocycles. The minimum absolute atomic E-state index is 0.117. The summed E-state index contributed by atoms with van der Waals surface area (Å²) in [4.78, 5) is 14.5. The lowest BCUT2D eigenvalue weighted by molar-refractivity contribution is -0.385. The summed E-state index contributed by atoms with van der Waals surface area (Å²) >= 11 is 3.13. The predicted octanol–water partition coefficient (Wildman–Crippen LogP) is 3.72. The van der Waals surface area contributed by atoms with E-state index in [9.17, 15) is 10.1 Å². The fraction of sp³-hybridized carbons (Fsp3) is 0.0769. The molecule has 0 fully saturated rings. The van der Waals surface area contributed by atoms with Crippen LogP contribution >= 0.6 is 15.9 Å². The van der Waals surface area contributed by atoms with Crippen molar-refractivity contribution in [1.82, 2.24) is 4.98 Å². The van der Waals surface area contributed by atoms with Crippen LogP contribution in [-0.2, 0) is 0 Å². The lowest BCUT2D eigenvalue weighted by Crippen LogP contribution is -1.96. The van der Waals surface area contributed by atoms with Crippen molar-refractivity contribution >= 4 is 21.6 Å².